The van der Waals surface area contributed by atoms with Crippen molar-refractivity contribution in [2.75, 3.05) is 32.7 Å². The lowest BCUT2D eigenvalue weighted by molar-refractivity contribution is -0.0317. The van der Waals surface area contributed by atoms with Crippen molar-refractivity contribution in [2.45, 2.75) is 43.6 Å². The van der Waals surface area contributed by atoms with Crippen LogP contribution in [0.3, 0.4) is 0 Å². The molecule has 0 spiro atoms. The van der Waals surface area contributed by atoms with Gasteiger partial charge in [0.25, 0.3) is 0 Å². The van der Waals surface area contributed by atoms with E-state index in [-0.39, 0.29) is 36.5 Å². The second-order valence-electron chi connectivity index (χ2n) is 6.82. The maximum atomic E-state index is 13.7. The van der Waals surface area contributed by atoms with Gasteiger partial charge in [0, 0.05) is 38.6 Å². The topological polar surface area (TPSA) is 35.5 Å². The molecule has 138 valence electrons. The fourth-order valence-corrected chi connectivity index (χ4v) is 3.97. The molecule has 3 nitrogen and oxygen atoms in total. The van der Waals surface area contributed by atoms with Crippen LogP contribution < -0.4 is 5.32 Å². The van der Waals surface area contributed by atoms with Crippen LogP contribution in [-0.4, -0.2) is 48.3 Å². The maximum Gasteiger partial charge on any atom is 0.123 e. The predicted octanol–water partition coefficient (Wildman–Crippen LogP) is 3.35. The molecule has 1 aliphatic carbocycles. The molecule has 0 bridgehead atoms. The first kappa shape index (κ1) is 21.7. The molecule has 0 amide bonds. The van der Waals surface area contributed by atoms with Crippen LogP contribution in [0.4, 0.5) is 4.39 Å². The van der Waals surface area contributed by atoms with E-state index < -0.39 is 5.60 Å². The average Bonchev–Trinajstić information content (AvgIpc) is 2.54. The Balaban J connectivity index is 0.00000144. The van der Waals surface area contributed by atoms with Gasteiger partial charge in [-0.1, -0.05) is 31.4 Å². The largest absolute Gasteiger partial charge is 0.389 e. The van der Waals surface area contributed by atoms with Gasteiger partial charge in [-0.2, -0.15) is 0 Å². The number of benzene rings is 1. The minimum absolute atomic E-state index is 0. The van der Waals surface area contributed by atoms with Crippen molar-refractivity contribution in [3.05, 3.63) is 35.6 Å². The molecule has 24 heavy (non-hydrogen) atoms. The Labute approximate surface area is 156 Å². The Bertz CT molecular complexity index is 492. The third kappa shape index (κ3) is 5.30. The zero-order valence-corrected chi connectivity index (χ0v) is 15.7. The third-order valence-electron chi connectivity index (χ3n) is 5.27. The first-order valence-corrected chi connectivity index (χ1v) is 8.58. The summed E-state index contributed by atoms with van der Waals surface area (Å²) in [6.45, 7) is 4.81. The first-order chi connectivity index (χ1) is 10.7. The monoisotopic (exact) mass is 378 g/mol. The zero-order valence-electron chi connectivity index (χ0n) is 14.0. The van der Waals surface area contributed by atoms with Crippen molar-refractivity contribution in [3.8, 4) is 0 Å². The number of halogens is 3. The summed E-state index contributed by atoms with van der Waals surface area (Å²) < 4.78 is 13.7. The van der Waals surface area contributed by atoms with E-state index in [2.05, 4.69) is 10.2 Å². The number of aliphatic hydroxyl groups is 1. The molecule has 0 aromatic heterocycles. The van der Waals surface area contributed by atoms with Crippen LogP contribution in [0.2, 0.25) is 0 Å². The van der Waals surface area contributed by atoms with Crippen molar-refractivity contribution >= 4 is 24.8 Å². The highest BCUT2D eigenvalue weighted by Crippen LogP contribution is 2.40. The summed E-state index contributed by atoms with van der Waals surface area (Å²) in [5.74, 6) is -0.205. The molecule has 1 unspecified atom stereocenters. The van der Waals surface area contributed by atoms with Crippen molar-refractivity contribution in [2.24, 2.45) is 0 Å². The van der Waals surface area contributed by atoms with Crippen LogP contribution in [0.15, 0.2) is 24.3 Å². The molecule has 1 saturated carbocycles. The average molecular weight is 379 g/mol. The number of hydrogen-bond acceptors (Lipinski definition) is 3. The second kappa shape index (κ2) is 9.93. The van der Waals surface area contributed by atoms with Crippen LogP contribution >= 0.6 is 24.8 Å². The molecule has 2 fully saturated rings. The van der Waals surface area contributed by atoms with E-state index in [1.54, 1.807) is 12.1 Å². The van der Waals surface area contributed by atoms with Crippen molar-refractivity contribution in [1.82, 2.24) is 10.2 Å². The second-order valence-corrected chi connectivity index (χ2v) is 6.82. The van der Waals surface area contributed by atoms with Crippen LogP contribution in [0.25, 0.3) is 0 Å². The van der Waals surface area contributed by atoms with Crippen LogP contribution in [0.1, 0.15) is 43.6 Å². The SMILES string of the molecule is Cl.Cl.OC1(C(CN2CCNCC2)c2cccc(F)c2)CCCCC1. The predicted molar refractivity (Wildman–Crippen MR) is 101 cm³/mol. The van der Waals surface area contributed by atoms with Gasteiger partial charge < -0.3 is 15.3 Å². The van der Waals surface area contributed by atoms with Gasteiger partial charge in [-0.25, -0.2) is 4.39 Å². The minimum atomic E-state index is -0.684. The van der Waals surface area contributed by atoms with Gasteiger partial charge in [-0.3, -0.25) is 0 Å². The molecular formula is C18H29Cl2FN2O. The Hall–Kier alpha value is -0.390. The fraction of sp³-hybridized carbons (Fsp3) is 0.667. The van der Waals surface area contributed by atoms with Gasteiger partial charge in [-0.05, 0) is 30.5 Å². The van der Waals surface area contributed by atoms with Crippen molar-refractivity contribution in [3.63, 3.8) is 0 Å². The molecule has 1 atom stereocenters. The lowest BCUT2D eigenvalue weighted by Crippen LogP contribution is -2.49. The molecule has 6 heteroatoms. The van der Waals surface area contributed by atoms with Crippen LogP contribution in [0.5, 0.6) is 0 Å². The summed E-state index contributed by atoms with van der Waals surface area (Å²) in [5.41, 5.74) is 0.264. The van der Waals surface area contributed by atoms with Gasteiger partial charge in [0.1, 0.15) is 5.82 Å². The summed E-state index contributed by atoms with van der Waals surface area (Å²) in [4.78, 5) is 2.40. The van der Waals surface area contributed by atoms with Crippen molar-refractivity contribution in [1.29, 1.82) is 0 Å². The summed E-state index contributed by atoms with van der Waals surface area (Å²) in [5, 5.41) is 14.6. The van der Waals surface area contributed by atoms with Crippen molar-refractivity contribution < 1.29 is 9.50 Å². The number of hydrogen-bond donors (Lipinski definition) is 2. The highest BCUT2D eigenvalue weighted by Gasteiger charge is 2.39. The molecule has 0 radical (unpaired) electrons. The highest BCUT2D eigenvalue weighted by atomic mass is 35.5. The van der Waals surface area contributed by atoms with Gasteiger partial charge in [0.2, 0.25) is 0 Å². The van der Waals surface area contributed by atoms with E-state index in [1.165, 1.54) is 12.5 Å². The maximum absolute atomic E-state index is 13.7. The number of nitrogens with zero attached hydrogens (tertiary/aromatic N) is 1. The smallest absolute Gasteiger partial charge is 0.123 e. The fourth-order valence-electron chi connectivity index (χ4n) is 3.97. The van der Waals surface area contributed by atoms with E-state index in [0.717, 1.165) is 64.0 Å². The van der Waals surface area contributed by atoms with Gasteiger partial charge >= 0.3 is 0 Å². The molecule has 1 aliphatic heterocycles. The number of piperazine rings is 1. The molecule has 2 N–H and O–H groups in total. The Morgan fingerprint density at radius 3 is 2.42 bits per heavy atom. The lowest BCUT2D eigenvalue weighted by Gasteiger charge is -2.42. The molecule has 1 saturated heterocycles. The Morgan fingerprint density at radius 1 is 1.12 bits per heavy atom. The van der Waals surface area contributed by atoms with E-state index in [9.17, 15) is 9.50 Å². The van der Waals surface area contributed by atoms with Gasteiger partial charge in [0.05, 0.1) is 5.60 Å². The van der Waals surface area contributed by atoms with E-state index >= 15 is 0 Å². The highest BCUT2D eigenvalue weighted by molar-refractivity contribution is 5.85. The van der Waals surface area contributed by atoms with E-state index in [0.29, 0.717) is 0 Å². The molecule has 1 heterocycles. The summed E-state index contributed by atoms with van der Waals surface area (Å²) >= 11 is 0. The van der Waals surface area contributed by atoms with Gasteiger partial charge in [0.15, 0.2) is 0 Å². The lowest BCUT2D eigenvalue weighted by atomic mass is 9.72. The summed E-state index contributed by atoms with van der Waals surface area (Å²) in [6, 6.07) is 6.83. The summed E-state index contributed by atoms with van der Waals surface area (Å²) in [6.07, 6.45) is 5.01. The quantitative estimate of drug-likeness (QED) is 0.842. The van der Waals surface area contributed by atoms with Crippen LogP contribution in [0, 0.1) is 5.82 Å². The Kier molecular flexibility index (Phi) is 8.96. The first-order valence-electron chi connectivity index (χ1n) is 8.58. The third-order valence-corrected chi connectivity index (χ3v) is 5.27. The standard InChI is InChI=1S/C18H27FN2O.2ClH/c19-16-6-4-5-15(13-16)17(14-21-11-9-20-10-12-21)18(22)7-2-1-3-8-18;;/h4-6,13,17,20,22H,1-3,7-12,14H2;2*1H. The zero-order chi connectivity index (χ0) is 15.4. The minimum Gasteiger partial charge on any atom is -0.389 e. The van der Waals surface area contributed by atoms with Gasteiger partial charge in [-0.15, -0.1) is 24.8 Å². The number of nitrogens with one attached hydrogen (secondary N) is 1. The summed E-state index contributed by atoms with van der Waals surface area (Å²) in [7, 11) is 0. The molecule has 1 aromatic rings. The Morgan fingerprint density at radius 2 is 1.79 bits per heavy atom. The van der Waals surface area contributed by atoms with Crippen LogP contribution in [-0.2, 0) is 0 Å². The number of rotatable bonds is 4. The van der Waals surface area contributed by atoms with E-state index in [1.807, 2.05) is 6.07 Å². The molecule has 2 aliphatic rings. The normalized spacial score (nSPS) is 22.1. The molecule has 1 aromatic carbocycles. The molecular weight excluding hydrogens is 350 g/mol. The van der Waals surface area contributed by atoms with E-state index in [4.69, 9.17) is 0 Å². The molecule has 3 rings (SSSR count).